The van der Waals surface area contributed by atoms with E-state index in [1.165, 1.54) is 217 Å². The average molecular weight is 1350 g/mol. The molecular weight excluding hydrogens is 1230 g/mol. The summed E-state index contributed by atoms with van der Waals surface area (Å²) in [5, 5.41) is 5.36. The van der Waals surface area contributed by atoms with Gasteiger partial charge >= 0.3 is 0 Å². The summed E-state index contributed by atoms with van der Waals surface area (Å²) in [6.45, 7) is 29.2. The zero-order valence-corrected chi connectivity index (χ0v) is 64.4. The first-order valence-corrected chi connectivity index (χ1v) is 42.1. The van der Waals surface area contributed by atoms with Gasteiger partial charge in [-0.2, -0.15) is 0 Å². The Bertz CT molecular complexity index is 4100. The largest absolute Gasteiger partial charge is 0.309 e. The van der Waals surface area contributed by atoms with Crippen LogP contribution in [0.2, 0.25) is 0 Å². The molecule has 0 atom stereocenters. The van der Waals surface area contributed by atoms with Crippen molar-refractivity contribution in [2.24, 2.45) is 94.7 Å². The molecule has 0 aromatic heterocycles. The van der Waals surface area contributed by atoms with Crippen LogP contribution in [0.3, 0.4) is 0 Å². The van der Waals surface area contributed by atoms with Crippen molar-refractivity contribution in [1.29, 1.82) is 0 Å². The van der Waals surface area contributed by atoms with E-state index in [1.807, 2.05) is 0 Å². The van der Waals surface area contributed by atoms with Crippen LogP contribution in [0.25, 0.3) is 32.7 Å². The molecule has 16 aliphatic carbocycles. The van der Waals surface area contributed by atoms with Crippen molar-refractivity contribution in [2.45, 2.75) is 257 Å². The molecule has 16 saturated carbocycles. The summed E-state index contributed by atoms with van der Waals surface area (Å²) < 4.78 is 0. The summed E-state index contributed by atoms with van der Waals surface area (Å²) in [7, 11) is 0. The van der Waals surface area contributed by atoms with Crippen LogP contribution >= 0.6 is 0 Å². The first-order chi connectivity index (χ1) is 48.9. The molecule has 8 aromatic rings. The van der Waals surface area contributed by atoms with E-state index >= 15 is 0 Å². The first-order valence-electron chi connectivity index (χ1n) is 42.1. The quantitative estimate of drug-likeness (QED) is 0.0941. The molecule has 0 radical (unpaired) electrons. The topological polar surface area (TPSA) is 6.48 Å². The van der Waals surface area contributed by atoms with Gasteiger partial charge in [0.1, 0.15) is 0 Å². The monoisotopic (exact) mass is 1350 g/mol. The highest BCUT2D eigenvalue weighted by Gasteiger charge is 2.54. The molecule has 530 valence electrons. The molecule has 0 saturated heterocycles. The van der Waals surface area contributed by atoms with Crippen LogP contribution in [0.15, 0.2) is 146 Å². The molecule has 0 unspecified atom stereocenters. The Hall–Kier alpha value is -6.12. The Balaban J connectivity index is 0.910. The lowest BCUT2D eigenvalue weighted by Gasteiger charge is -2.56. The predicted molar refractivity (Wildman–Crippen MR) is 430 cm³/mol. The van der Waals surface area contributed by atoms with Crippen LogP contribution in [-0.2, 0) is 21.7 Å². The molecule has 102 heavy (non-hydrogen) atoms. The third kappa shape index (κ3) is 11.1. The average Bonchev–Trinajstić information content (AvgIpc) is 0.713. The minimum absolute atomic E-state index is 0.0953. The maximum absolute atomic E-state index is 3.06. The van der Waals surface area contributed by atoms with E-state index in [0.29, 0.717) is 23.7 Å². The van der Waals surface area contributed by atoms with Crippen LogP contribution in [0.4, 0.5) is 34.1 Å². The fourth-order valence-corrected chi connectivity index (χ4v) is 27.7. The maximum atomic E-state index is 3.06. The van der Waals surface area contributed by atoms with E-state index < -0.39 is 0 Å². The highest BCUT2D eigenvalue weighted by atomic mass is 15.2. The SMILES string of the molecule is CC(C)(C)c1cc(N(c2cc(C(C)(C)C)cc(C(C)(C)C)c2)c2c3ccccc3c(N(c3cc(C4C5CC6CC(C5)CC4C6)cc(C4C5CC6CC(C5)CC4C6)c3)c3cc(C4C5CC6CC(C5)CC4C6)cc(C4C5CC6CC(C5)CC4C6)c3)c3ccc(-c4ccccc4)cc23)cc(C(C)(C)C)c1. The van der Waals surface area contributed by atoms with Gasteiger partial charge in [0.2, 0.25) is 0 Å². The predicted octanol–water partition coefficient (Wildman–Crippen LogP) is 27.9. The number of rotatable bonds is 11. The van der Waals surface area contributed by atoms with Gasteiger partial charge in [0.15, 0.2) is 0 Å². The fourth-order valence-electron chi connectivity index (χ4n) is 27.7. The molecule has 16 bridgehead atoms. The van der Waals surface area contributed by atoms with Crippen molar-refractivity contribution in [3.63, 3.8) is 0 Å². The van der Waals surface area contributed by atoms with Crippen LogP contribution < -0.4 is 9.80 Å². The molecule has 16 aliphatic rings. The highest BCUT2D eigenvalue weighted by Crippen LogP contribution is 2.67. The van der Waals surface area contributed by atoms with Gasteiger partial charge < -0.3 is 9.80 Å². The van der Waals surface area contributed by atoms with E-state index in [1.54, 1.807) is 22.3 Å². The number of fused-ring (bicyclic) bond motifs is 2. The molecular formula is C100H120N2. The molecule has 2 heteroatoms. The standard InChI is InChI=1S/C100H120N2/c1-97(2,3)79-51-80(98(4,5)6)54-85(53-79)102(86-55-81(99(7,8)9)52-82(56-86)100(10,11)12)96-88-21-17-16-20-87(88)95(89-23-22-66(50-90(89)96)65-18-14-13-15-19-65)101(83-46-75(91-67-28-57-24-58(30-67)31-68(91)29-57)44-76(47-83)92-69-32-59-25-60(34-69)35-70(92)33-59)84-48-77(93-71-36-61-26-62(38-71)39-72(93)37-61)45-78(49-84)94-73-40-63-27-64(42-73)43-74(94)41-63/h13-23,44-64,67-74,91-94H,24-43H2,1-12H3. The van der Waals surface area contributed by atoms with E-state index in [9.17, 15) is 0 Å². The Morgan fingerprint density at radius 2 is 0.480 bits per heavy atom. The second kappa shape index (κ2) is 23.7. The molecule has 16 fully saturated rings. The molecule has 24 rings (SSSR count). The Labute approximate surface area is 614 Å². The third-order valence-electron chi connectivity index (χ3n) is 31.2. The van der Waals surface area contributed by atoms with Gasteiger partial charge in [-0.15, -0.1) is 0 Å². The summed E-state index contributed by atoms with van der Waals surface area (Å²) >= 11 is 0. The Morgan fingerprint density at radius 1 is 0.225 bits per heavy atom. The van der Waals surface area contributed by atoms with Gasteiger partial charge in [0.05, 0.1) is 11.4 Å². The minimum atomic E-state index is -0.0953. The molecule has 0 spiro atoms. The lowest BCUT2D eigenvalue weighted by atomic mass is 9.49. The van der Waals surface area contributed by atoms with Gasteiger partial charge in [-0.05, 0) is 379 Å². The van der Waals surface area contributed by atoms with Crippen molar-refractivity contribution < 1.29 is 0 Å². The second-order valence-electron chi connectivity index (χ2n) is 42.1. The summed E-state index contributed by atoms with van der Waals surface area (Å²) in [5.41, 5.74) is 22.6. The lowest BCUT2D eigenvalue weighted by molar-refractivity contribution is -0.00503. The third-order valence-corrected chi connectivity index (χ3v) is 31.2. The van der Waals surface area contributed by atoms with Crippen LogP contribution in [0, 0.1) is 94.7 Å². The van der Waals surface area contributed by atoms with Gasteiger partial charge in [-0.25, -0.2) is 0 Å². The molecule has 0 heterocycles. The summed E-state index contributed by atoms with van der Waals surface area (Å²) in [6.07, 6.45) is 29.2. The molecule has 0 aliphatic heterocycles. The minimum Gasteiger partial charge on any atom is -0.309 e. The Morgan fingerprint density at radius 3 is 0.765 bits per heavy atom. The van der Waals surface area contributed by atoms with Gasteiger partial charge in [-0.3, -0.25) is 0 Å². The molecule has 2 nitrogen and oxygen atoms in total. The number of hydrogen-bond acceptors (Lipinski definition) is 2. The van der Waals surface area contributed by atoms with E-state index in [0.717, 1.165) is 94.7 Å². The van der Waals surface area contributed by atoms with Crippen molar-refractivity contribution >= 4 is 55.7 Å². The Kier molecular flexibility index (Phi) is 15.2. The van der Waals surface area contributed by atoms with Gasteiger partial charge in [-0.1, -0.05) is 174 Å². The van der Waals surface area contributed by atoms with E-state index in [4.69, 9.17) is 0 Å². The van der Waals surface area contributed by atoms with Gasteiger partial charge in [0, 0.05) is 44.3 Å². The van der Waals surface area contributed by atoms with E-state index in [2.05, 4.69) is 238 Å². The zero-order valence-electron chi connectivity index (χ0n) is 64.4. The number of anilines is 6. The smallest absolute Gasteiger partial charge is 0.0620 e. The maximum Gasteiger partial charge on any atom is 0.0620 e. The zero-order chi connectivity index (χ0) is 69.4. The van der Waals surface area contributed by atoms with Crippen molar-refractivity contribution in [3.8, 4) is 11.1 Å². The lowest BCUT2D eigenvalue weighted by Crippen LogP contribution is -2.44. The highest BCUT2D eigenvalue weighted by molar-refractivity contribution is 6.24. The molecule has 0 amide bonds. The number of nitrogens with zero attached hydrogens (tertiary/aromatic N) is 2. The van der Waals surface area contributed by atoms with Crippen LogP contribution in [0.5, 0.6) is 0 Å². The first kappa shape index (κ1) is 65.4. The van der Waals surface area contributed by atoms with Crippen molar-refractivity contribution in [3.05, 3.63) is 190 Å². The molecule has 0 N–H and O–H groups in total. The fraction of sp³-hybridized carbons (Fsp3) is 0.560. The normalized spacial score (nSPS) is 33.9. The summed E-state index contributed by atoms with van der Waals surface area (Å²) in [5.74, 6) is 16.5. The van der Waals surface area contributed by atoms with Crippen molar-refractivity contribution in [2.75, 3.05) is 9.80 Å². The van der Waals surface area contributed by atoms with Gasteiger partial charge in [0.25, 0.3) is 0 Å². The van der Waals surface area contributed by atoms with Crippen LogP contribution in [0.1, 0.15) is 280 Å². The van der Waals surface area contributed by atoms with E-state index in [-0.39, 0.29) is 21.7 Å². The second-order valence-corrected chi connectivity index (χ2v) is 42.1. The number of hydrogen-bond donors (Lipinski definition) is 0. The van der Waals surface area contributed by atoms with Crippen molar-refractivity contribution in [1.82, 2.24) is 0 Å². The molecule has 8 aromatic carbocycles. The van der Waals surface area contributed by atoms with Crippen LogP contribution in [-0.4, -0.2) is 0 Å². The summed E-state index contributed by atoms with van der Waals surface area (Å²) in [6, 6.07) is 62.3. The number of benzene rings is 8. The summed E-state index contributed by atoms with van der Waals surface area (Å²) in [4.78, 5) is 5.87.